The molecule has 0 saturated heterocycles. The first kappa shape index (κ1) is 19.0. The first-order valence-electron chi connectivity index (χ1n) is 10.1. The minimum atomic E-state index is -0.682. The molecule has 1 aromatic carbocycles. The highest BCUT2D eigenvalue weighted by atomic mass is 16.6. The first-order chi connectivity index (χ1) is 13.3. The van der Waals surface area contributed by atoms with E-state index in [4.69, 9.17) is 4.74 Å². The highest BCUT2D eigenvalue weighted by Gasteiger charge is 2.80. The van der Waals surface area contributed by atoms with Gasteiger partial charge in [-0.1, -0.05) is 32.1 Å². The summed E-state index contributed by atoms with van der Waals surface area (Å²) in [6.45, 7) is 7.11. The highest BCUT2D eigenvalue weighted by Crippen LogP contribution is 2.87. The standard InChI is InChI=1S/C22H28N2O4/c1-14(7-6-10-21(2)15-11-16-17(12-15)22(16,21)3)13-28-20(25)23-18-8-4-5-9-19(18)24(26)27/h4-5,7-9,15-17H,6,10-13H2,1-3H3,(H,23,25)/b14-7-. The maximum absolute atomic E-state index is 12.0. The van der Waals surface area contributed by atoms with Gasteiger partial charge in [-0.3, -0.25) is 15.4 Å². The minimum Gasteiger partial charge on any atom is -0.445 e. The predicted molar refractivity (Wildman–Crippen MR) is 107 cm³/mol. The van der Waals surface area contributed by atoms with Crippen molar-refractivity contribution in [2.45, 2.75) is 46.5 Å². The summed E-state index contributed by atoms with van der Waals surface area (Å²) in [5.41, 5.74) is 2.02. The molecule has 0 aromatic heterocycles. The summed E-state index contributed by atoms with van der Waals surface area (Å²) in [5, 5.41) is 13.5. The van der Waals surface area contributed by atoms with Gasteiger partial charge < -0.3 is 4.74 Å². The van der Waals surface area contributed by atoms with E-state index < -0.39 is 11.0 Å². The van der Waals surface area contributed by atoms with E-state index >= 15 is 0 Å². The van der Waals surface area contributed by atoms with E-state index in [1.807, 2.05) is 6.92 Å². The number of hydrogen-bond acceptors (Lipinski definition) is 4. The molecule has 6 heteroatoms. The second-order valence-electron chi connectivity index (χ2n) is 9.15. The Morgan fingerprint density at radius 1 is 1.32 bits per heavy atom. The van der Waals surface area contributed by atoms with Crippen LogP contribution in [0.5, 0.6) is 0 Å². The Morgan fingerprint density at radius 2 is 2.00 bits per heavy atom. The van der Waals surface area contributed by atoms with Gasteiger partial charge in [0.15, 0.2) is 0 Å². The molecule has 1 aromatic rings. The number of para-hydroxylation sites is 2. The van der Waals surface area contributed by atoms with Crippen LogP contribution in [-0.2, 0) is 4.74 Å². The first-order valence-corrected chi connectivity index (χ1v) is 10.1. The van der Waals surface area contributed by atoms with Crippen LogP contribution >= 0.6 is 0 Å². The fourth-order valence-electron chi connectivity index (χ4n) is 6.25. The van der Waals surface area contributed by atoms with Crippen molar-refractivity contribution in [1.29, 1.82) is 0 Å². The molecule has 0 heterocycles. The number of carbonyl (C=O) groups excluding carboxylic acids is 1. The number of benzene rings is 1. The normalized spacial score (nSPS) is 35.0. The van der Waals surface area contributed by atoms with Gasteiger partial charge >= 0.3 is 6.09 Å². The van der Waals surface area contributed by atoms with Crippen molar-refractivity contribution in [3.05, 3.63) is 46.0 Å². The molecule has 4 fully saturated rings. The zero-order valence-electron chi connectivity index (χ0n) is 16.7. The molecule has 1 amide bonds. The van der Waals surface area contributed by atoms with Crippen LogP contribution in [0, 0.1) is 38.7 Å². The van der Waals surface area contributed by atoms with Crippen molar-refractivity contribution in [3.63, 3.8) is 0 Å². The van der Waals surface area contributed by atoms with E-state index in [1.54, 1.807) is 12.1 Å². The van der Waals surface area contributed by atoms with Crippen LogP contribution in [0.2, 0.25) is 0 Å². The maximum atomic E-state index is 12.0. The number of rotatable bonds is 7. The van der Waals surface area contributed by atoms with Gasteiger partial charge in [0, 0.05) is 6.07 Å². The Balaban J connectivity index is 1.25. The van der Waals surface area contributed by atoms with Crippen molar-refractivity contribution < 1.29 is 14.5 Å². The molecular weight excluding hydrogens is 356 g/mol. The molecule has 4 saturated carbocycles. The number of nitro benzene ring substituents is 1. The molecule has 1 N–H and O–H groups in total. The van der Waals surface area contributed by atoms with Gasteiger partial charge in [0.05, 0.1) is 4.92 Å². The zero-order chi connectivity index (χ0) is 20.1. The van der Waals surface area contributed by atoms with Gasteiger partial charge in [-0.25, -0.2) is 4.79 Å². The van der Waals surface area contributed by atoms with Crippen LogP contribution in [0.3, 0.4) is 0 Å². The van der Waals surface area contributed by atoms with E-state index in [0.717, 1.165) is 29.7 Å². The van der Waals surface area contributed by atoms with E-state index in [-0.39, 0.29) is 18.0 Å². The van der Waals surface area contributed by atoms with Crippen molar-refractivity contribution in [3.8, 4) is 0 Å². The summed E-state index contributed by atoms with van der Waals surface area (Å²) in [6.07, 6.45) is 6.54. The molecule has 0 radical (unpaired) electrons. The number of hydrogen-bond donors (Lipinski definition) is 1. The van der Waals surface area contributed by atoms with Gasteiger partial charge in [-0.2, -0.15) is 0 Å². The molecule has 4 aliphatic carbocycles. The lowest BCUT2D eigenvalue weighted by molar-refractivity contribution is -0.383. The van der Waals surface area contributed by atoms with E-state index in [0.29, 0.717) is 10.8 Å². The largest absolute Gasteiger partial charge is 0.445 e. The van der Waals surface area contributed by atoms with Gasteiger partial charge in [-0.05, 0) is 72.8 Å². The highest BCUT2D eigenvalue weighted by molar-refractivity contribution is 5.87. The summed E-state index contributed by atoms with van der Waals surface area (Å²) >= 11 is 0. The van der Waals surface area contributed by atoms with Crippen molar-refractivity contribution >= 4 is 17.5 Å². The summed E-state index contributed by atoms with van der Waals surface area (Å²) in [4.78, 5) is 22.5. The molecule has 3 unspecified atom stereocenters. The number of carbonyl (C=O) groups is 1. The molecule has 6 nitrogen and oxygen atoms in total. The van der Waals surface area contributed by atoms with E-state index in [2.05, 4.69) is 25.2 Å². The number of ether oxygens (including phenoxy) is 1. The topological polar surface area (TPSA) is 81.5 Å². The zero-order valence-corrected chi connectivity index (χ0v) is 16.7. The molecule has 0 aliphatic heterocycles. The van der Waals surface area contributed by atoms with Gasteiger partial charge in [0.25, 0.3) is 5.69 Å². The summed E-state index contributed by atoms with van der Waals surface area (Å²) in [6, 6.07) is 6.02. The quantitative estimate of drug-likeness (QED) is 0.379. The average Bonchev–Trinajstić information content (AvgIpc) is 2.95. The minimum absolute atomic E-state index is 0.138. The third kappa shape index (κ3) is 2.81. The molecule has 3 atom stereocenters. The fraction of sp³-hybridized carbons (Fsp3) is 0.591. The van der Waals surface area contributed by atoms with Gasteiger partial charge in [-0.15, -0.1) is 0 Å². The van der Waals surface area contributed by atoms with Crippen LogP contribution in [0.25, 0.3) is 0 Å². The van der Waals surface area contributed by atoms with Gasteiger partial charge in [0.1, 0.15) is 12.3 Å². The van der Waals surface area contributed by atoms with E-state index in [9.17, 15) is 14.9 Å². The van der Waals surface area contributed by atoms with Crippen molar-refractivity contribution in [2.24, 2.45) is 28.6 Å². The Hall–Kier alpha value is -2.37. The summed E-state index contributed by atoms with van der Waals surface area (Å²) < 4.78 is 5.23. The smallest absolute Gasteiger partial charge is 0.412 e. The lowest BCUT2D eigenvalue weighted by atomic mass is 9.71. The Kier molecular flexibility index (Phi) is 4.47. The number of allylic oxidation sites excluding steroid dienone is 1. The van der Waals surface area contributed by atoms with Crippen LogP contribution in [0.4, 0.5) is 16.2 Å². The number of nitrogens with one attached hydrogen (secondary N) is 1. The Morgan fingerprint density at radius 3 is 2.61 bits per heavy atom. The van der Waals surface area contributed by atoms with Crippen LogP contribution in [-0.4, -0.2) is 17.6 Å². The monoisotopic (exact) mass is 384 g/mol. The molecule has 28 heavy (non-hydrogen) atoms. The number of nitro groups is 1. The number of nitrogens with zero attached hydrogens (tertiary/aromatic N) is 1. The maximum Gasteiger partial charge on any atom is 0.412 e. The molecule has 150 valence electrons. The predicted octanol–water partition coefficient (Wildman–Crippen LogP) is 5.55. The third-order valence-corrected chi connectivity index (χ3v) is 8.05. The average molecular weight is 384 g/mol. The molecule has 0 spiro atoms. The Bertz CT molecular complexity index is 837. The van der Waals surface area contributed by atoms with Crippen molar-refractivity contribution in [1.82, 2.24) is 0 Å². The van der Waals surface area contributed by atoms with Gasteiger partial charge in [0.2, 0.25) is 0 Å². The molecule has 4 aliphatic rings. The molecule has 4 bridgehead atoms. The second-order valence-corrected chi connectivity index (χ2v) is 9.15. The fourth-order valence-corrected chi connectivity index (χ4v) is 6.25. The third-order valence-electron chi connectivity index (χ3n) is 8.05. The van der Waals surface area contributed by atoms with Crippen LogP contribution < -0.4 is 5.32 Å². The van der Waals surface area contributed by atoms with Crippen LogP contribution in [0.1, 0.15) is 46.5 Å². The number of anilines is 1. The molecular formula is C22H28N2O4. The Labute approximate surface area is 165 Å². The SMILES string of the molecule is C/C(=C/CCC1(C)C2CC3C(C2)C31C)COC(=O)Nc1ccccc1[N+](=O)[O-]. The summed E-state index contributed by atoms with van der Waals surface area (Å²) in [5.74, 6) is 2.84. The summed E-state index contributed by atoms with van der Waals surface area (Å²) in [7, 11) is 0. The second kappa shape index (κ2) is 6.61. The lowest BCUT2D eigenvalue weighted by Crippen LogP contribution is -2.26. The van der Waals surface area contributed by atoms with Crippen LogP contribution in [0.15, 0.2) is 35.9 Å². The van der Waals surface area contributed by atoms with Crippen molar-refractivity contribution in [2.75, 3.05) is 11.9 Å². The number of amides is 1. The molecule has 5 rings (SSSR count). The van der Waals surface area contributed by atoms with E-state index in [1.165, 1.54) is 31.4 Å². The lowest BCUT2D eigenvalue weighted by Gasteiger charge is -2.34.